The molecule has 2 aromatic rings. The molecule has 0 spiro atoms. The maximum absolute atomic E-state index is 5.12. The summed E-state index contributed by atoms with van der Waals surface area (Å²) >= 11 is 0. The molecule has 2 aromatic heterocycles. The van der Waals surface area contributed by atoms with Crippen molar-refractivity contribution >= 4 is 17.0 Å². The molecule has 0 saturated heterocycles. The van der Waals surface area contributed by atoms with Crippen molar-refractivity contribution in [3.63, 3.8) is 0 Å². The van der Waals surface area contributed by atoms with E-state index >= 15 is 0 Å². The SMILES string of the molecule is COCCN(CCOC)c1ncnc2c1nnn2C. The number of ether oxygens (including phenoxy) is 2. The first kappa shape index (κ1) is 13.6. The summed E-state index contributed by atoms with van der Waals surface area (Å²) in [6.07, 6.45) is 1.52. The summed E-state index contributed by atoms with van der Waals surface area (Å²) in [6.45, 7) is 2.63. The molecule has 2 rings (SSSR count). The summed E-state index contributed by atoms with van der Waals surface area (Å²) in [5, 5.41) is 8.09. The van der Waals surface area contributed by atoms with Crippen LogP contribution in [0.3, 0.4) is 0 Å². The zero-order valence-corrected chi connectivity index (χ0v) is 11.4. The monoisotopic (exact) mass is 266 g/mol. The fourth-order valence-electron chi connectivity index (χ4n) is 1.80. The molecule has 0 aliphatic rings. The van der Waals surface area contributed by atoms with Crippen LogP contribution in [0.4, 0.5) is 5.82 Å². The molecule has 0 unspecified atom stereocenters. The Morgan fingerprint density at radius 2 is 1.84 bits per heavy atom. The smallest absolute Gasteiger partial charge is 0.183 e. The van der Waals surface area contributed by atoms with Crippen molar-refractivity contribution in [2.45, 2.75) is 0 Å². The molecule has 0 aliphatic carbocycles. The first-order valence-electron chi connectivity index (χ1n) is 6.01. The molecule has 0 radical (unpaired) electrons. The number of hydrogen-bond donors (Lipinski definition) is 0. The van der Waals surface area contributed by atoms with Crippen LogP contribution in [0.1, 0.15) is 0 Å². The standard InChI is InChI=1S/C11H18N6O2/c1-16-10-9(14-15-16)11(13-8-12-10)17(4-6-18-2)5-7-19-3/h8H,4-7H2,1-3H3. The van der Waals surface area contributed by atoms with Gasteiger partial charge in [0, 0.05) is 34.4 Å². The number of hydrogen-bond acceptors (Lipinski definition) is 7. The Kier molecular flexibility index (Phi) is 4.58. The molecule has 0 amide bonds. The second-order valence-corrected chi connectivity index (χ2v) is 4.06. The molecule has 19 heavy (non-hydrogen) atoms. The van der Waals surface area contributed by atoms with Crippen LogP contribution in [0.25, 0.3) is 11.2 Å². The second-order valence-electron chi connectivity index (χ2n) is 4.06. The quantitative estimate of drug-likeness (QED) is 0.690. The maximum Gasteiger partial charge on any atom is 0.183 e. The van der Waals surface area contributed by atoms with Crippen LogP contribution < -0.4 is 4.90 Å². The zero-order chi connectivity index (χ0) is 13.7. The Morgan fingerprint density at radius 1 is 1.16 bits per heavy atom. The lowest BCUT2D eigenvalue weighted by molar-refractivity contribution is 0.190. The molecule has 0 aliphatic heterocycles. The Balaban J connectivity index is 2.31. The summed E-state index contributed by atoms with van der Waals surface area (Å²) < 4.78 is 11.9. The summed E-state index contributed by atoms with van der Waals surface area (Å²) in [7, 11) is 5.15. The van der Waals surface area contributed by atoms with Crippen molar-refractivity contribution in [2.75, 3.05) is 45.4 Å². The van der Waals surface area contributed by atoms with E-state index < -0.39 is 0 Å². The van der Waals surface area contributed by atoms with Crippen LogP contribution in [-0.4, -0.2) is 65.5 Å². The van der Waals surface area contributed by atoms with Gasteiger partial charge in [0.1, 0.15) is 6.33 Å². The fraction of sp³-hybridized carbons (Fsp3) is 0.636. The molecule has 8 heteroatoms. The predicted molar refractivity (Wildman–Crippen MR) is 70.1 cm³/mol. The highest BCUT2D eigenvalue weighted by Gasteiger charge is 2.15. The van der Waals surface area contributed by atoms with Gasteiger partial charge in [-0.1, -0.05) is 5.21 Å². The van der Waals surface area contributed by atoms with Gasteiger partial charge >= 0.3 is 0 Å². The molecule has 104 valence electrons. The highest BCUT2D eigenvalue weighted by atomic mass is 16.5. The number of nitrogens with zero attached hydrogens (tertiary/aromatic N) is 6. The van der Waals surface area contributed by atoms with Gasteiger partial charge in [0.15, 0.2) is 17.0 Å². The first-order valence-corrected chi connectivity index (χ1v) is 6.01. The number of methoxy groups -OCH3 is 2. The number of rotatable bonds is 7. The van der Waals surface area contributed by atoms with E-state index in [0.717, 1.165) is 5.82 Å². The summed E-state index contributed by atoms with van der Waals surface area (Å²) in [5.41, 5.74) is 1.40. The summed E-state index contributed by atoms with van der Waals surface area (Å²) in [5.74, 6) is 0.757. The highest BCUT2D eigenvalue weighted by Crippen LogP contribution is 2.19. The lowest BCUT2D eigenvalue weighted by Crippen LogP contribution is -2.31. The van der Waals surface area contributed by atoms with E-state index in [0.29, 0.717) is 37.5 Å². The minimum Gasteiger partial charge on any atom is -0.383 e. The normalized spacial score (nSPS) is 11.1. The van der Waals surface area contributed by atoms with Gasteiger partial charge in [-0.05, 0) is 0 Å². The van der Waals surface area contributed by atoms with Crippen LogP contribution >= 0.6 is 0 Å². The van der Waals surface area contributed by atoms with E-state index in [-0.39, 0.29) is 0 Å². The Bertz CT molecular complexity index is 521. The molecule has 0 saturated carbocycles. The lowest BCUT2D eigenvalue weighted by Gasteiger charge is -2.22. The van der Waals surface area contributed by atoms with Crippen molar-refractivity contribution in [2.24, 2.45) is 7.05 Å². The van der Waals surface area contributed by atoms with E-state index in [1.54, 1.807) is 25.9 Å². The average Bonchev–Trinajstić information content (AvgIpc) is 2.81. The zero-order valence-electron chi connectivity index (χ0n) is 11.4. The molecule has 0 bridgehead atoms. The molecule has 0 aromatic carbocycles. The van der Waals surface area contributed by atoms with Crippen LogP contribution in [0.5, 0.6) is 0 Å². The van der Waals surface area contributed by atoms with Crippen molar-refractivity contribution in [1.82, 2.24) is 25.0 Å². The van der Waals surface area contributed by atoms with Gasteiger partial charge in [0.25, 0.3) is 0 Å². The van der Waals surface area contributed by atoms with E-state index in [1.165, 1.54) is 6.33 Å². The van der Waals surface area contributed by atoms with E-state index in [1.807, 2.05) is 0 Å². The molecule has 8 nitrogen and oxygen atoms in total. The largest absolute Gasteiger partial charge is 0.383 e. The average molecular weight is 266 g/mol. The van der Waals surface area contributed by atoms with Crippen molar-refractivity contribution < 1.29 is 9.47 Å². The van der Waals surface area contributed by atoms with Gasteiger partial charge in [-0.25, -0.2) is 14.6 Å². The Morgan fingerprint density at radius 3 is 2.47 bits per heavy atom. The third-order valence-corrected chi connectivity index (χ3v) is 2.80. The number of aromatic nitrogens is 5. The van der Waals surface area contributed by atoms with Crippen LogP contribution in [0.15, 0.2) is 6.33 Å². The Hall–Kier alpha value is -1.80. The van der Waals surface area contributed by atoms with Crippen LogP contribution in [0, 0.1) is 0 Å². The van der Waals surface area contributed by atoms with E-state index in [2.05, 4.69) is 25.2 Å². The predicted octanol–water partition coefficient (Wildman–Crippen LogP) is -0.143. The molecule has 0 N–H and O–H groups in total. The van der Waals surface area contributed by atoms with Gasteiger partial charge < -0.3 is 14.4 Å². The molecular weight excluding hydrogens is 248 g/mol. The third kappa shape index (κ3) is 2.96. The van der Waals surface area contributed by atoms with Crippen molar-refractivity contribution in [3.8, 4) is 0 Å². The minimum absolute atomic E-state index is 0.607. The second kappa shape index (κ2) is 6.39. The fourth-order valence-corrected chi connectivity index (χ4v) is 1.80. The van der Waals surface area contributed by atoms with Gasteiger partial charge in [-0.15, -0.1) is 5.10 Å². The van der Waals surface area contributed by atoms with Gasteiger partial charge in [-0.2, -0.15) is 0 Å². The van der Waals surface area contributed by atoms with E-state index in [9.17, 15) is 0 Å². The van der Waals surface area contributed by atoms with Crippen LogP contribution in [-0.2, 0) is 16.5 Å². The molecule has 2 heterocycles. The third-order valence-electron chi connectivity index (χ3n) is 2.80. The topological polar surface area (TPSA) is 78.2 Å². The van der Waals surface area contributed by atoms with Gasteiger partial charge in [0.05, 0.1) is 13.2 Å². The number of fused-ring (bicyclic) bond motifs is 1. The lowest BCUT2D eigenvalue weighted by atomic mass is 10.4. The van der Waals surface area contributed by atoms with Gasteiger partial charge in [-0.3, -0.25) is 0 Å². The highest BCUT2D eigenvalue weighted by molar-refractivity contribution is 5.82. The maximum atomic E-state index is 5.12. The summed E-state index contributed by atoms with van der Waals surface area (Å²) in [6, 6.07) is 0. The molecule has 0 fully saturated rings. The first-order chi connectivity index (χ1) is 9.27. The van der Waals surface area contributed by atoms with Crippen LogP contribution in [0.2, 0.25) is 0 Å². The minimum atomic E-state index is 0.607. The molecule has 0 atom stereocenters. The van der Waals surface area contributed by atoms with Crippen molar-refractivity contribution in [1.29, 1.82) is 0 Å². The van der Waals surface area contributed by atoms with E-state index in [4.69, 9.17) is 9.47 Å². The Labute approximate surface area is 111 Å². The van der Waals surface area contributed by atoms with Crippen molar-refractivity contribution in [3.05, 3.63) is 6.33 Å². The van der Waals surface area contributed by atoms with Gasteiger partial charge in [0.2, 0.25) is 0 Å². The number of anilines is 1. The number of aryl methyl sites for hydroxylation is 1. The molecular formula is C11H18N6O2. The summed E-state index contributed by atoms with van der Waals surface area (Å²) in [4.78, 5) is 10.6.